The molecule has 0 aliphatic heterocycles. The lowest BCUT2D eigenvalue weighted by atomic mass is 9.97. The summed E-state index contributed by atoms with van der Waals surface area (Å²) in [7, 11) is 1.28. The number of carbonyl (C=O) groups is 2. The second-order valence-corrected chi connectivity index (χ2v) is 3.80. The number of esters is 1. The molecule has 0 aromatic heterocycles. The van der Waals surface area contributed by atoms with E-state index >= 15 is 0 Å². The fourth-order valence-electron chi connectivity index (χ4n) is 1.65. The van der Waals surface area contributed by atoms with Crippen molar-refractivity contribution >= 4 is 11.8 Å². The number of carbonyl (C=O) groups excluding carboxylic acids is 2. The molecule has 1 aromatic rings. The molecule has 96 valence electrons. The van der Waals surface area contributed by atoms with Gasteiger partial charge in [0.15, 0.2) is 5.78 Å². The average Bonchev–Trinajstić information content (AvgIpc) is 2.38. The minimum Gasteiger partial charge on any atom is -0.508 e. The summed E-state index contributed by atoms with van der Waals surface area (Å²) in [6, 6.07) is 4.77. The third kappa shape index (κ3) is 3.45. The quantitative estimate of drug-likeness (QED) is 0.476. The summed E-state index contributed by atoms with van der Waals surface area (Å²) >= 11 is 0. The van der Waals surface area contributed by atoms with Crippen LogP contribution in [-0.4, -0.2) is 24.0 Å². The second kappa shape index (κ2) is 6.59. The summed E-state index contributed by atoms with van der Waals surface area (Å²) in [6.07, 6.45) is 2.14. The van der Waals surface area contributed by atoms with Gasteiger partial charge in [0.25, 0.3) is 0 Å². The number of methoxy groups -OCH3 is 1. The van der Waals surface area contributed by atoms with Crippen molar-refractivity contribution in [3.05, 3.63) is 42.0 Å². The van der Waals surface area contributed by atoms with Crippen molar-refractivity contribution in [1.29, 1.82) is 0 Å². The van der Waals surface area contributed by atoms with Gasteiger partial charge in [-0.05, 0) is 12.5 Å². The lowest BCUT2D eigenvalue weighted by Gasteiger charge is -2.08. The number of phenols is 1. The fraction of sp³-hybridized carbons (Fsp3) is 0.286. The highest BCUT2D eigenvalue weighted by atomic mass is 16.5. The number of phenolic OH excluding ortho intramolecular Hbond substituents is 1. The van der Waals surface area contributed by atoms with Gasteiger partial charge >= 0.3 is 5.97 Å². The molecule has 4 nitrogen and oxygen atoms in total. The first kappa shape index (κ1) is 14.0. The zero-order valence-electron chi connectivity index (χ0n) is 10.3. The van der Waals surface area contributed by atoms with Crippen molar-refractivity contribution in [2.45, 2.75) is 19.3 Å². The molecule has 0 aliphatic carbocycles. The summed E-state index contributed by atoms with van der Waals surface area (Å²) in [5, 5.41) is 9.70. The van der Waals surface area contributed by atoms with Gasteiger partial charge in [0.05, 0.1) is 13.5 Å². The van der Waals surface area contributed by atoms with Crippen LogP contribution in [0.15, 0.2) is 30.9 Å². The lowest BCUT2D eigenvalue weighted by molar-refractivity contribution is -0.140. The van der Waals surface area contributed by atoms with Gasteiger partial charge in [-0.25, -0.2) is 0 Å². The second-order valence-electron chi connectivity index (χ2n) is 3.80. The first-order valence-corrected chi connectivity index (χ1v) is 5.62. The molecule has 0 aliphatic rings. The summed E-state index contributed by atoms with van der Waals surface area (Å²) in [6.45, 7) is 3.59. The highest BCUT2D eigenvalue weighted by Gasteiger charge is 2.15. The molecule has 0 radical (unpaired) electrons. The van der Waals surface area contributed by atoms with E-state index in [0.717, 1.165) is 0 Å². The smallest absolute Gasteiger partial charge is 0.305 e. The van der Waals surface area contributed by atoms with Crippen LogP contribution in [0.4, 0.5) is 0 Å². The Bertz CT molecular complexity index is 463. The molecule has 1 aromatic carbocycles. The number of Topliss-reactive ketones (excluding diaryl/α,β-unsaturated/α-hetero) is 1. The summed E-state index contributed by atoms with van der Waals surface area (Å²) in [5.74, 6) is -0.541. The number of hydrogen-bond acceptors (Lipinski definition) is 4. The predicted molar refractivity (Wildman–Crippen MR) is 67.6 cm³/mol. The third-order valence-corrected chi connectivity index (χ3v) is 2.58. The van der Waals surface area contributed by atoms with Gasteiger partial charge in [-0.2, -0.15) is 0 Å². The Labute approximate surface area is 106 Å². The van der Waals surface area contributed by atoms with Gasteiger partial charge in [0, 0.05) is 17.5 Å². The van der Waals surface area contributed by atoms with Crippen LogP contribution in [0.2, 0.25) is 0 Å². The fourth-order valence-corrected chi connectivity index (χ4v) is 1.65. The van der Waals surface area contributed by atoms with Crippen LogP contribution in [0.25, 0.3) is 0 Å². The van der Waals surface area contributed by atoms with Gasteiger partial charge in [-0.15, -0.1) is 6.58 Å². The molecular formula is C14H16O4. The number of aromatic hydroxyl groups is 1. The number of hydrogen-bond donors (Lipinski definition) is 1. The number of rotatable bonds is 6. The van der Waals surface area contributed by atoms with E-state index in [1.807, 2.05) is 0 Å². The number of ether oxygens (including phenoxy) is 1. The Morgan fingerprint density at radius 3 is 2.72 bits per heavy atom. The summed E-state index contributed by atoms with van der Waals surface area (Å²) < 4.78 is 4.48. The molecule has 18 heavy (non-hydrogen) atoms. The van der Waals surface area contributed by atoms with Gasteiger partial charge in [-0.1, -0.05) is 18.2 Å². The van der Waals surface area contributed by atoms with E-state index in [0.29, 0.717) is 17.5 Å². The Morgan fingerprint density at radius 1 is 1.39 bits per heavy atom. The van der Waals surface area contributed by atoms with E-state index in [2.05, 4.69) is 11.3 Å². The first-order valence-electron chi connectivity index (χ1n) is 5.62. The van der Waals surface area contributed by atoms with Crippen LogP contribution in [0.3, 0.4) is 0 Å². The largest absolute Gasteiger partial charge is 0.508 e. The first-order chi connectivity index (χ1) is 8.60. The van der Waals surface area contributed by atoms with Gasteiger partial charge in [0.2, 0.25) is 0 Å². The van der Waals surface area contributed by atoms with Crippen molar-refractivity contribution in [3.8, 4) is 5.75 Å². The zero-order valence-corrected chi connectivity index (χ0v) is 10.3. The van der Waals surface area contributed by atoms with E-state index in [-0.39, 0.29) is 24.4 Å². The maximum atomic E-state index is 12.0. The highest BCUT2D eigenvalue weighted by molar-refractivity contribution is 5.99. The standard InChI is InChI=1S/C14H16O4/c1-3-5-10-11(6-4-7-12(10)15)13(16)8-9-14(17)18-2/h3-4,6-7,15H,1,5,8-9H2,2H3. The maximum absolute atomic E-state index is 12.0. The van der Waals surface area contributed by atoms with Crippen molar-refractivity contribution in [1.82, 2.24) is 0 Å². The Balaban J connectivity index is 2.88. The number of ketones is 1. The summed E-state index contributed by atoms with van der Waals surface area (Å²) in [5.41, 5.74) is 0.973. The minimum atomic E-state index is -0.422. The molecular weight excluding hydrogens is 232 g/mol. The van der Waals surface area contributed by atoms with Crippen molar-refractivity contribution in [3.63, 3.8) is 0 Å². The molecule has 0 saturated carbocycles. The lowest BCUT2D eigenvalue weighted by Crippen LogP contribution is -2.08. The van der Waals surface area contributed by atoms with Crippen LogP contribution >= 0.6 is 0 Å². The van der Waals surface area contributed by atoms with E-state index < -0.39 is 5.97 Å². The molecule has 0 amide bonds. The monoisotopic (exact) mass is 248 g/mol. The molecule has 0 heterocycles. The van der Waals surface area contributed by atoms with Crippen LogP contribution in [-0.2, 0) is 16.0 Å². The van der Waals surface area contributed by atoms with Gasteiger partial charge < -0.3 is 9.84 Å². The van der Waals surface area contributed by atoms with E-state index in [4.69, 9.17) is 0 Å². The molecule has 1 rings (SSSR count). The van der Waals surface area contributed by atoms with E-state index in [1.165, 1.54) is 13.2 Å². The van der Waals surface area contributed by atoms with Crippen LogP contribution < -0.4 is 0 Å². The van der Waals surface area contributed by atoms with Crippen LogP contribution in [0.5, 0.6) is 5.75 Å². The topological polar surface area (TPSA) is 63.6 Å². The maximum Gasteiger partial charge on any atom is 0.305 e. The van der Waals surface area contributed by atoms with Crippen molar-refractivity contribution < 1.29 is 19.4 Å². The Hall–Kier alpha value is -2.10. The van der Waals surface area contributed by atoms with Gasteiger partial charge in [-0.3, -0.25) is 9.59 Å². The van der Waals surface area contributed by atoms with Gasteiger partial charge in [0.1, 0.15) is 5.75 Å². The SMILES string of the molecule is C=CCc1c(O)cccc1C(=O)CCC(=O)OC. The average molecular weight is 248 g/mol. The Morgan fingerprint density at radius 2 is 2.11 bits per heavy atom. The molecule has 0 unspecified atom stereocenters. The van der Waals surface area contributed by atoms with Crippen LogP contribution in [0, 0.1) is 0 Å². The normalized spacial score (nSPS) is 9.83. The zero-order chi connectivity index (χ0) is 13.5. The molecule has 4 heteroatoms. The Kier molecular flexibility index (Phi) is 5.11. The minimum absolute atomic E-state index is 0.0402. The molecule has 0 spiro atoms. The van der Waals surface area contributed by atoms with Crippen molar-refractivity contribution in [2.24, 2.45) is 0 Å². The number of benzene rings is 1. The van der Waals surface area contributed by atoms with E-state index in [1.54, 1.807) is 18.2 Å². The molecule has 0 atom stereocenters. The molecule has 0 saturated heterocycles. The molecule has 0 bridgehead atoms. The van der Waals surface area contributed by atoms with E-state index in [9.17, 15) is 14.7 Å². The number of allylic oxidation sites excluding steroid dienone is 1. The molecule has 1 N–H and O–H groups in total. The predicted octanol–water partition coefficient (Wildman–Crippen LogP) is 2.26. The van der Waals surface area contributed by atoms with Crippen molar-refractivity contribution in [2.75, 3.05) is 7.11 Å². The summed E-state index contributed by atoms with van der Waals surface area (Å²) in [4.78, 5) is 22.9. The highest BCUT2D eigenvalue weighted by Crippen LogP contribution is 2.23. The van der Waals surface area contributed by atoms with Crippen LogP contribution in [0.1, 0.15) is 28.8 Å². The molecule has 0 fully saturated rings. The third-order valence-electron chi connectivity index (χ3n) is 2.58.